The number of sulfonamides is 1. The van der Waals surface area contributed by atoms with Crippen LogP contribution in [0.5, 0.6) is 0 Å². The summed E-state index contributed by atoms with van der Waals surface area (Å²) in [5.41, 5.74) is 1.47. The lowest BCUT2D eigenvalue weighted by molar-refractivity contribution is 0.246. The second-order valence-electron chi connectivity index (χ2n) is 9.58. The monoisotopic (exact) mass is 509 g/mol. The molecule has 1 aromatic heterocycles. The third-order valence-electron chi connectivity index (χ3n) is 6.28. The summed E-state index contributed by atoms with van der Waals surface area (Å²) in [6.07, 6.45) is 5.45. The van der Waals surface area contributed by atoms with E-state index in [2.05, 4.69) is 46.0 Å². The summed E-state index contributed by atoms with van der Waals surface area (Å²) in [5, 5.41) is 21.0. The van der Waals surface area contributed by atoms with E-state index >= 15 is 0 Å². The van der Waals surface area contributed by atoms with Gasteiger partial charge in [-0.2, -0.15) is 5.26 Å². The first-order chi connectivity index (χ1) is 16.7. The molecular formula is C27H31N3O3S2. The van der Waals surface area contributed by atoms with Gasteiger partial charge in [-0.15, -0.1) is 11.3 Å². The van der Waals surface area contributed by atoms with E-state index in [4.69, 9.17) is 5.11 Å². The van der Waals surface area contributed by atoms with Gasteiger partial charge in [0.2, 0.25) is 0 Å². The maximum Gasteiger partial charge on any atom is 0.251 e. The summed E-state index contributed by atoms with van der Waals surface area (Å²) in [7, 11) is -4.01. The topological polar surface area (TPSA) is 93.4 Å². The van der Waals surface area contributed by atoms with E-state index in [-0.39, 0.29) is 17.9 Å². The van der Waals surface area contributed by atoms with Gasteiger partial charge in [-0.3, -0.25) is 0 Å². The Morgan fingerprint density at radius 2 is 1.83 bits per heavy atom. The highest BCUT2D eigenvalue weighted by Gasteiger charge is 2.27. The van der Waals surface area contributed by atoms with E-state index in [0.717, 1.165) is 28.9 Å². The zero-order chi connectivity index (χ0) is 25.1. The fraction of sp³-hybridized carbons (Fsp3) is 0.370. The lowest BCUT2D eigenvalue weighted by atomic mass is 10.0. The van der Waals surface area contributed by atoms with Crippen molar-refractivity contribution in [2.45, 2.75) is 45.1 Å². The van der Waals surface area contributed by atoms with Crippen molar-refractivity contribution in [1.82, 2.24) is 4.72 Å². The van der Waals surface area contributed by atoms with E-state index in [1.54, 1.807) is 13.8 Å². The zero-order valence-corrected chi connectivity index (χ0v) is 21.8. The van der Waals surface area contributed by atoms with E-state index in [0.29, 0.717) is 4.88 Å². The number of nitrogens with zero attached hydrogens (tertiary/aromatic N) is 2. The van der Waals surface area contributed by atoms with E-state index in [1.165, 1.54) is 47.7 Å². The van der Waals surface area contributed by atoms with Crippen molar-refractivity contribution in [1.29, 1.82) is 5.26 Å². The predicted octanol–water partition coefficient (Wildman–Crippen LogP) is 5.50. The first kappa shape index (κ1) is 25.4. The average molecular weight is 510 g/mol. The van der Waals surface area contributed by atoms with Gasteiger partial charge in [0.05, 0.1) is 0 Å². The summed E-state index contributed by atoms with van der Waals surface area (Å²) < 4.78 is 28.0. The molecule has 0 spiro atoms. The molecule has 0 radical (unpaired) electrons. The molecule has 3 aromatic rings. The number of aliphatic hydroxyl groups is 1. The number of allylic oxidation sites excluding steroid dienone is 1. The van der Waals surface area contributed by atoms with Crippen LogP contribution >= 0.6 is 11.3 Å². The lowest BCUT2D eigenvalue weighted by Crippen LogP contribution is -2.44. The molecule has 8 heteroatoms. The summed E-state index contributed by atoms with van der Waals surface area (Å²) in [6.45, 7) is 5.43. The summed E-state index contributed by atoms with van der Waals surface area (Å²) >= 11 is 1.44. The van der Waals surface area contributed by atoms with Crippen LogP contribution in [0.2, 0.25) is 0 Å². The minimum atomic E-state index is -4.01. The van der Waals surface area contributed by atoms with Gasteiger partial charge in [-0.25, -0.2) is 13.1 Å². The molecule has 0 unspecified atom stereocenters. The molecule has 1 saturated heterocycles. The van der Waals surface area contributed by atoms with Gasteiger partial charge in [0, 0.05) is 40.7 Å². The number of benzene rings is 2. The molecule has 0 atom stereocenters. The van der Waals surface area contributed by atoms with Gasteiger partial charge in [-0.05, 0) is 92.3 Å². The zero-order valence-electron chi connectivity index (χ0n) is 20.1. The van der Waals surface area contributed by atoms with Crippen molar-refractivity contribution in [3.05, 3.63) is 58.3 Å². The number of piperidine rings is 1. The Bertz CT molecular complexity index is 1380. The van der Waals surface area contributed by atoms with Gasteiger partial charge in [-0.1, -0.05) is 18.2 Å². The molecule has 1 aliphatic rings. The van der Waals surface area contributed by atoms with Crippen molar-refractivity contribution < 1.29 is 13.5 Å². The Hall–Kier alpha value is -2.70. The number of anilines is 1. The molecule has 35 heavy (non-hydrogen) atoms. The molecule has 1 aliphatic heterocycles. The van der Waals surface area contributed by atoms with Crippen molar-refractivity contribution in [3.63, 3.8) is 0 Å². The number of nitrogens with one attached hydrogen (secondary N) is 1. The molecule has 2 heterocycles. The van der Waals surface area contributed by atoms with Crippen molar-refractivity contribution in [3.8, 4) is 16.5 Å². The van der Waals surface area contributed by atoms with Gasteiger partial charge in [0.25, 0.3) is 10.0 Å². The number of aliphatic hydroxyl groups excluding tert-OH is 1. The predicted molar refractivity (Wildman–Crippen MR) is 145 cm³/mol. The first-order valence-electron chi connectivity index (χ1n) is 11.9. The lowest BCUT2D eigenvalue weighted by Gasteiger charge is -2.29. The number of fused-ring (bicyclic) bond motifs is 1. The number of nitriles is 1. The molecule has 184 valence electrons. The molecule has 0 saturated carbocycles. The molecule has 1 fully saturated rings. The largest absolute Gasteiger partial charge is 0.396 e. The van der Waals surface area contributed by atoms with Crippen LogP contribution < -0.4 is 9.62 Å². The molecule has 4 rings (SSSR count). The average Bonchev–Trinajstić information content (AvgIpc) is 3.30. The third kappa shape index (κ3) is 6.11. The number of thiophene rings is 1. The van der Waals surface area contributed by atoms with E-state index in [9.17, 15) is 13.7 Å². The SMILES string of the molecule is CC(C)(CCO)NS(=O)(=O)/C(C#N)=C/c1ccc(-c2ccc3cc(N4CCCCC4)ccc3c2)s1. The standard InChI is InChI=1S/C27H31N3O3S2/c1-27(2,12-15-31)29-35(32,33)25(19-28)18-24-10-11-26(34-24)22-7-6-21-17-23(9-8-20(21)16-22)30-13-4-3-5-14-30/h6-11,16-18,29,31H,3-5,12-15H2,1-2H3/b25-18+. The Morgan fingerprint density at radius 1 is 1.11 bits per heavy atom. The highest BCUT2D eigenvalue weighted by molar-refractivity contribution is 7.93. The third-order valence-corrected chi connectivity index (χ3v) is 8.97. The van der Waals surface area contributed by atoms with Crippen LogP contribution in [0.1, 0.15) is 44.4 Å². The smallest absolute Gasteiger partial charge is 0.251 e. The van der Waals surface area contributed by atoms with Crippen LogP contribution in [0.4, 0.5) is 5.69 Å². The quantitative estimate of drug-likeness (QED) is 0.391. The maximum absolute atomic E-state index is 12.7. The van der Waals surface area contributed by atoms with Crippen LogP contribution in [0, 0.1) is 11.3 Å². The fourth-order valence-corrected chi connectivity index (χ4v) is 6.73. The van der Waals surface area contributed by atoms with Crippen molar-refractivity contribution in [2.24, 2.45) is 0 Å². The summed E-state index contributed by atoms with van der Waals surface area (Å²) in [4.78, 5) is 3.79. The highest BCUT2D eigenvalue weighted by atomic mass is 32.2. The number of hydrogen-bond donors (Lipinski definition) is 2. The Labute approximate surface area is 211 Å². The molecule has 0 aliphatic carbocycles. The van der Waals surface area contributed by atoms with E-state index < -0.39 is 15.6 Å². The van der Waals surface area contributed by atoms with Gasteiger partial charge in [0.15, 0.2) is 4.91 Å². The minimum Gasteiger partial charge on any atom is -0.396 e. The second-order valence-corrected chi connectivity index (χ2v) is 12.3. The summed E-state index contributed by atoms with van der Waals surface area (Å²) in [5.74, 6) is 0. The minimum absolute atomic E-state index is 0.152. The molecule has 6 nitrogen and oxygen atoms in total. The Kier molecular flexibility index (Phi) is 7.62. The van der Waals surface area contributed by atoms with Crippen LogP contribution in [0.15, 0.2) is 53.4 Å². The van der Waals surface area contributed by atoms with Crippen LogP contribution in [0.25, 0.3) is 27.3 Å². The van der Waals surface area contributed by atoms with Gasteiger partial charge >= 0.3 is 0 Å². The normalized spacial score (nSPS) is 15.4. The molecular weight excluding hydrogens is 478 g/mol. The number of hydrogen-bond acceptors (Lipinski definition) is 6. The van der Waals surface area contributed by atoms with E-state index in [1.807, 2.05) is 18.2 Å². The fourth-order valence-electron chi connectivity index (χ4n) is 4.37. The van der Waals surface area contributed by atoms with Crippen molar-refractivity contribution >= 4 is 43.9 Å². The molecule has 0 amide bonds. The van der Waals surface area contributed by atoms with Gasteiger partial charge < -0.3 is 10.0 Å². The highest BCUT2D eigenvalue weighted by Crippen LogP contribution is 2.33. The Balaban J connectivity index is 1.56. The van der Waals surface area contributed by atoms with Crippen LogP contribution in [-0.2, 0) is 10.0 Å². The maximum atomic E-state index is 12.7. The summed E-state index contributed by atoms with van der Waals surface area (Å²) in [6, 6.07) is 18.6. The molecule has 2 N–H and O–H groups in total. The molecule has 0 bridgehead atoms. The number of rotatable bonds is 8. The molecule has 2 aromatic carbocycles. The van der Waals surface area contributed by atoms with Crippen LogP contribution in [-0.4, -0.2) is 38.8 Å². The second kappa shape index (κ2) is 10.5. The van der Waals surface area contributed by atoms with Crippen LogP contribution in [0.3, 0.4) is 0 Å². The first-order valence-corrected chi connectivity index (χ1v) is 14.2. The Morgan fingerprint density at radius 3 is 2.54 bits per heavy atom. The van der Waals surface area contributed by atoms with Gasteiger partial charge in [0.1, 0.15) is 6.07 Å². The van der Waals surface area contributed by atoms with Crippen molar-refractivity contribution in [2.75, 3.05) is 24.6 Å².